The number of carbonyl (C=O) groups is 1. The van der Waals surface area contributed by atoms with E-state index in [1.807, 2.05) is 18.2 Å². The van der Waals surface area contributed by atoms with Crippen molar-refractivity contribution >= 4 is 22.6 Å². The molecule has 0 aliphatic carbocycles. The fourth-order valence-corrected chi connectivity index (χ4v) is 2.13. The monoisotopic (exact) mass is 294 g/mol. The zero-order valence-electron chi connectivity index (χ0n) is 11.7. The molecule has 0 saturated carbocycles. The normalized spacial score (nSPS) is 10.5. The first-order chi connectivity index (χ1) is 10.7. The topological polar surface area (TPSA) is 87.7 Å². The van der Waals surface area contributed by atoms with Gasteiger partial charge in [0.25, 0.3) is 5.56 Å². The summed E-state index contributed by atoms with van der Waals surface area (Å²) in [5, 5.41) is 2.73. The van der Waals surface area contributed by atoms with E-state index < -0.39 is 0 Å². The summed E-state index contributed by atoms with van der Waals surface area (Å²) in [5.41, 5.74) is 2.14. The van der Waals surface area contributed by atoms with Crippen LogP contribution in [0.15, 0.2) is 53.6 Å². The Balaban J connectivity index is 1.70. The molecule has 3 rings (SSSR count). The van der Waals surface area contributed by atoms with Crippen LogP contribution in [-0.2, 0) is 11.2 Å². The van der Waals surface area contributed by atoms with E-state index in [4.69, 9.17) is 0 Å². The molecule has 0 unspecified atom stereocenters. The fourth-order valence-electron chi connectivity index (χ4n) is 2.13. The van der Waals surface area contributed by atoms with Crippen LogP contribution in [0, 0.1) is 0 Å². The summed E-state index contributed by atoms with van der Waals surface area (Å²) in [6.07, 6.45) is 3.67. The molecule has 0 fully saturated rings. The number of nitrogens with one attached hydrogen (secondary N) is 2. The third-order valence-corrected chi connectivity index (χ3v) is 3.20. The van der Waals surface area contributed by atoms with Crippen LogP contribution in [0.2, 0.25) is 0 Å². The molecule has 2 heterocycles. The summed E-state index contributed by atoms with van der Waals surface area (Å²) >= 11 is 0. The Morgan fingerprint density at radius 3 is 2.86 bits per heavy atom. The molecule has 22 heavy (non-hydrogen) atoms. The number of aromatic amines is 1. The van der Waals surface area contributed by atoms with Crippen LogP contribution in [0.4, 0.5) is 5.69 Å². The number of aryl methyl sites for hydroxylation is 1. The minimum atomic E-state index is -0.257. The van der Waals surface area contributed by atoms with E-state index in [2.05, 4.69) is 20.3 Å². The second-order valence-corrected chi connectivity index (χ2v) is 4.82. The van der Waals surface area contributed by atoms with Crippen LogP contribution in [0.5, 0.6) is 0 Å². The molecule has 0 atom stereocenters. The van der Waals surface area contributed by atoms with Crippen molar-refractivity contribution in [3.05, 3.63) is 64.8 Å². The van der Waals surface area contributed by atoms with Crippen LogP contribution in [0.1, 0.15) is 12.1 Å². The van der Waals surface area contributed by atoms with Gasteiger partial charge >= 0.3 is 0 Å². The maximum atomic E-state index is 11.9. The van der Waals surface area contributed by atoms with Crippen molar-refractivity contribution in [3.63, 3.8) is 0 Å². The summed E-state index contributed by atoms with van der Waals surface area (Å²) in [5.74, 6) is -0.178. The Hall–Kier alpha value is -3.02. The van der Waals surface area contributed by atoms with Gasteiger partial charge in [-0.1, -0.05) is 12.1 Å². The van der Waals surface area contributed by atoms with Gasteiger partial charge in [0.15, 0.2) is 0 Å². The van der Waals surface area contributed by atoms with Gasteiger partial charge < -0.3 is 10.3 Å². The van der Waals surface area contributed by atoms with E-state index in [1.165, 1.54) is 0 Å². The number of anilines is 1. The second-order valence-electron chi connectivity index (χ2n) is 4.82. The zero-order valence-corrected chi connectivity index (χ0v) is 11.7. The lowest BCUT2D eigenvalue weighted by atomic mass is 10.2. The van der Waals surface area contributed by atoms with Gasteiger partial charge in [-0.2, -0.15) is 0 Å². The van der Waals surface area contributed by atoms with Gasteiger partial charge in [-0.25, -0.2) is 4.98 Å². The second kappa shape index (κ2) is 6.17. The summed E-state index contributed by atoms with van der Waals surface area (Å²) in [6.45, 7) is 0. The van der Waals surface area contributed by atoms with Gasteiger partial charge in [-0.05, 0) is 24.3 Å². The lowest BCUT2D eigenvalue weighted by Gasteiger charge is -2.05. The number of fused-ring (bicyclic) bond motifs is 1. The van der Waals surface area contributed by atoms with Gasteiger partial charge in [0.2, 0.25) is 5.91 Å². The summed E-state index contributed by atoms with van der Waals surface area (Å²) in [4.78, 5) is 34.8. The Morgan fingerprint density at radius 2 is 2.05 bits per heavy atom. The molecule has 2 N–H and O–H groups in total. The van der Waals surface area contributed by atoms with E-state index in [0.29, 0.717) is 22.4 Å². The van der Waals surface area contributed by atoms with Crippen LogP contribution in [-0.4, -0.2) is 20.9 Å². The van der Waals surface area contributed by atoms with Gasteiger partial charge in [0.1, 0.15) is 5.69 Å². The molecule has 6 nitrogen and oxygen atoms in total. The van der Waals surface area contributed by atoms with Crippen LogP contribution in [0.25, 0.3) is 11.0 Å². The number of pyridine rings is 1. The zero-order chi connectivity index (χ0) is 15.4. The molecule has 0 spiro atoms. The van der Waals surface area contributed by atoms with Crippen LogP contribution in [0.3, 0.4) is 0 Å². The number of nitrogens with zero attached hydrogens (tertiary/aromatic N) is 2. The molecule has 1 amide bonds. The van der Waals surface area contributed by atoms with Crippen molar-refractivity contribution in [1.29, 1.82) is 0 Å². The molecule has 0 aliphatic heterocycles. The number of H-pyrrole nitrogens is 1. The number of para-hydroxylation sites is 2. The van der Waals surface area contributed by atoms with E-state index >= 15 is 0 Å². The minimum Gasteiger partial charge on any atom is -0.325 e. The highest BCUT2D eigenvalue weighted by Gasteiger charge is 2.08. The molecule has 3 aromatic rings. The molecule has 110 valence electrons. The molecule has 0 saturated heterocycles. The highest BCUT2D eigenvalue weighted by atomic mass is 16.1. The third-order valence-electron chi connectivity index (χ3n) is 3.20. The fraction of sp³-hybridized carbons (Fsp3) is 0.125. The van der Waals surface area contributed by atoms with E-state index in [9.17, 15) is 9.59 Å². The Morgan fingerprint density at radius 1 is 1.18 bits per heavy atom. The predicted octanol–water partition coefficient (Wildman–Crippen LogP) is 1.89. The summed E-state index contributed by atoms with van der Waals surface area (Å²) < 4.78 is 0. The standard InChI is InChI=1S/C16H14N4O2/c21-15(18-11-4-3-9-17-10-11)8-7-14-16(22)20-13-6-2-1-5-12(13)19-14/h1-6,9-10H,7-8H2,(H,18,21)(H,20,22). The summed E-state index contributed by atoms with van der Waals surface area (Å²) in [6, 6.07) is 10.8. The highest BCUT2D eigenvalue weighted by Crippen LogP contribution is 2.08. The number of hydrogen-bond donors (Lipinski definition) is 2. The number of carbonyl (C=O) groups excluding carboxylic acids is 1. The molecule has 2 aromatic heterocycles. The molecule has 0 radical (unpaired) electrons. The van der Waals surface area contributed by atoms with Gasteiger partial charge in [-0.3, -0.25) is 14.6 Å². The number of amides is 1. The van der Waals surface area contributed by atoms with E-state index in [1.54, 1.807) is 30.6 Å². The van der Waals surface area contributed by atoms with Gasteiger partial charge in [0.05, 0.1) is 22.9 Å². The highest BCUT2D eigenvalue weighted by molar-refractivity contribution is 5.90. The lowest BCUT2D eigenvalue weighted by Crippen LogP contribution is -2.19. The molecular weight excluding hydrogens is 280 g/mol. The van der Waals surface area contributed by atoms with Crippen LogP contribution >= 0.6 is 0 Å². The van der Waals surface area contributed by atoms with Crippen molar-refractivity contribution in [3.8, 4) is 0 Å². The molecule has 0 bridgehead atoms. The maximum absolute atomic E-state index is 11.9. The smallest absolute Gasteiger partial charge is 0.270 e. The molecular formula is C16H14N4O2. The van der Waals surface area contributed by atoms with Crippen molar-refractivity contribution < 1.29 is 4.79 Å². The predicted molar refractivity (Wildman–Crippen MR) is 83.6 cm³/mol. The van der Waals surface area contributed by atoms with Crippen molar-refractivity contribution in [1.82, 2.24) is 15.0 Å². The largest absolute Gasteiger partial charge is 0.325 e. The maximum Gasteiger partial charge on any atom is 0.270 e. The quantitative estimate of drug-likeness (QED) is 0.769. The molecule has 6 heteroatoms. The average Bonchev–Trinajstić information content (AvgIpc) is 2.54. The van der Waals surface area contributed by atoms with E-state index in [0.717, 1.165) is 0 Å². The molecule has 1 aromatic carbocycles. The number of aromatic nitrogens is 3. The number of rotatable bonds is 4. The first kappa shape index (κ1) is 13.9. The lowest BCUT2D eigenvalue weighted by molar-refractivity contribution is -0.116. The third kappa shape index (κ3) is 3.17. The van der Waals surface area contributed by atoms with Crippen molar-refractivity contribution in [2.24, 2.45) is 0 Å². The van der Waals surface area contributed by atoms with Crippen molar-refractivity contribution in [2.45, 2.75) is 12.8 Å². The summed E-state index contributed by atoms with van der Waals surface area (Å²) in [7, 11) is 0. The average molecular weight is 294 g/mol. The first-order valence-corrected chi connectivity index (χ1v) is 6.90. The number of benzene rings is 1. The Labute approximate surface area is 126 Å². The van der Waals surface area contributed by atoms with Crippen LogP contribution < -0.4 is 10.9 Å². The van der Waals surface area contributed by atoms with E-state index in [-0.39, 0.29) is 24.3 Å². The van der Waals surface area contributed by atoms with Gasteiger partial charge in [0, 0.05) is 19.0 Å². The first-order valence-electron chi connectivity index (χ1n) is 6.90. The number of hydrogen-bond acceptors (Lipinski definition) is 4. The van der Waals surface area contributed by atoms with Crippen molar-refractivity contribution in [2.75, 3.05) is 5.32 Å². The minimum absolute atomic E-state index is 0.178. The Bertz CT molecular complexity index is 859. The van der Waals surface area contributed by atoms with Gasteiger partial charge in [-0.15, -0.1) is 0 Å². The Kier molecular flexibility index (Phi) is 3.91. The molecule has 0 aliphatic rings. The SMILES string of the molecule is O=C(CCc1nc2ccccc2[nH]c1=O)Nc1cccnc1.